The fourth-order valence-corrected chi connectivity index (χ4v) is 2.73. The highest BCUT2D eigenvalue weighted by molar-refractivity contribution is 5.97. The molecule has 124 valence electrons. The number of carbonyl (C=O) groups excluding carboxylic acids is 1. The molecule has 0 atom stereocenters. The molecule has 0 fully saturated rings. The summed E-state index contributed by atoms with van der Waals surface area (Å²) >= 11 is 0. The second-order valence-corrected chi connectivity index (χ2v) is 5.17. The van der Waals surface area contributed by atoms with E-state index in [0.29, 0.717) is 29.8 Å². The van der Waals surface area contributed by atoms with Gasteiger partial charge >= 0.3 is 5.97 Å². The van der Waals surface area contributed by atoms with Gasteiger partial charge in [-0.15, -0.1) is 0 Å². The molecule has 0 spiro atoms. The number of aliphatic hydroxyl groups excluding tert-OH is 1. The molecule has 0 saturated carbocycles. The van der Waals surface area contributed by atoms with Gasteiger partial charge in [0.2, 0.25) is 0 Å². The van der Waals surface area contributed by atoms with E-state index in [2.05, 4.69) is 0 Å². The van der Waals surface area contributed by atoms with E-state index < -0.39 is 4.92 Å². The standard InChI is InChI=1S/C16H20N2O5/c1-2-23-16(20)14-4-3-9-17(10-11-19)15(14)12-5-7-13(8-6-12)18(21)22/h5-8,19H,2-4,9-11H2,1H3. The van der Waals surface area contributed by atoms with Crippen LogP contribution >= 0.6 is 0 Å². The fraction of sp³-hybridized carbons (Fsp3) is 0.438. The summed E-state index contributed by atoms with van der Waals surface area (Å²) in [6, 6.07) is 6.08. The number of esters is 1. The van der Waals surface area contributed by atoms with Crippen LogP contribution in [0.15, 0.2) is 29.8 Å². The Kier molecular flexibility index (Phi) is 5.70. The van der Waals surface area contributed by atoms with Crippen LogP contribution in [0, 0.1) is 10.1 Å². The Morgan fingerprint density at radius 3 is 2.65 bits per heavy atom. The molecule has 0 bridgehead atoms. The van der Waals surface area contributed by atoms with E-state index in [1.807, 2.05) is 4.90 Å². The number of hydrogen-bond donors (Lipinski definition) is 1. The normalized spacial score (nSPS) is 14.8. The second-order valence-electron chi connectivity index (χ2n) is 5.17. The van der Waals surface area contributed by atoms with E-state index in [0.717, 1.165) is 13.0 Å². The average Bonchev–Trinajstić information content (AvgIpc) is 2.55. The molecule has 1 N–H and O–H groups in total. The van der Waals surface area contributed by atoms with Gasteiger partial charge in [0, 0.05) is 25.2 Å². The van der Waals surface area contributed by atoms with Crippen LogP contribution in [0.5, 0.6) is 0 Å². The molecule has 0 amide bonds. The quantitative estimate of drug-likeness (QED) is 0.489. The molecule has 1 aromatic carbocycles. The van der Waals surface area contributed by atoms with Crippen molar-refractivity contribution in [1.82, 2.24) is 4.90 Å². The van der Waals surface area contributed by atoms with Crippen LogP contribution in [0.1, 0.15) is 25.3 Å². The number of non-ortho nitro benzene ring substituents is 1. The molecule has 7 nitrogen and oxygen atoms in total. The van der Waals surface area contributed by atoms with Gasteiger partial charge in [-0.1, -0.05) is 0 Å². The Morgan fingerprint density at radius 1 is 1.39 bits per heavy atom. The van der Waals surface area contributed by atoms with E-state index in [9.17, 15) is 20.0 Å². The minimum atomic E-state index is -0.462. The van der Waals surface area contributed by atoms with Gasteiger partial charge < -0.3 is 14.7 Å². The van der Waals surface area contributed by atoms with Gasteiger partial charge in [-0.2, -0.15) is 0 Å². The maximum absolute atomic E-state index is 12.2. The molecule has 0 saturated heterocycles. The van der Waals surface area contributed by atoms with Gasteiger partial charge in [0.15, 0.2) is 0 Å². The largest absolute Gasteiger partial charge is 0.463 e. The zero-order chi connectivity index (χ0) is 16.8. The van der Waals surface area contributed by atoms with Crippen molar-refractivity contribution in [2.75, 3.05) is 26.3 Å². The maximum atomic E-state index is 12.2. The van der Waals surface area contributed by atoms with Gasteiger partial charge in [0.25, 0.3) is 5.69 Å². The van der Waals surface area contributed by atoms with Gasteiger partial charge in [0.05, 0.1) is 29.4 Å². The van der Waals surface area contributed by atoms with Crippen molar-refractivity contribution in [2.24, 2.45) is 0 Å². The third-order valence-corrected chi connectivity index (χ3v) is 3.70. The summed E-state index contributed by atoms with van der Waals surface area (Å²) in [7, 11) is 0. The zero-order valence-electron chi connectivity index (χ0n) is 13.0. The number of rotatable bonds is 6. The molecule has 23 heavy (non-hydrogen) atoms. The first kappa shape index (κ1) is 17.0. The smallest absolute Gasteiger partial charge is 0.336 e. The van der Waals surface area contributed by atoms with Gasteiger partial charge in [-0.05, 0) is 37.5 Å². The first-order chi connectivity index (χ1) is 11.1. The minimum Gasteiger partial charge on any atom is -0.463 e. The molecule has 1 aromatic rings. The van der Waals surface area contributed by atoms with Crippen LogP contribution in [0.3, 0.4) is 0 Å². The number of ether oxygens (including phenoxy) is 1. The molecule has 1 heterocycles. The van der Waals surface area contributed by atoms with Crippen molar-refractivity contribution < 1.29 is 19.6 Å². The number of nitro groups is 1. The molecule has 7 heteroatoms. The lowest BCUT2D eigenvalue weighted by atomic mass is 9.96. The SMILES string of the molecule is CCOC(=O)C1=C(c2ccc([N+](=O)[O-])cc2)N(CCO)CCC1. The molecule has 0 unspecified atom stereocenters. The van der Waals surface area contributed by atoms with E-state index in [-0.39, 0.29) is 24.9 Å². The summed E-state index contributed by atoms with van der Waals surface area (Å²) in [6.07, 6.45) is 1.39. The third-order valence-electron chi connectivity index (χ3n) is 3.70. The van der Waals surface area contributed by atoms with Crippen molar-refractivity contribution in [3.63, 3.8) is 0 Å². The minimum absolute atomic E-state index is 0.00319. The van der Waals surface area contributed by atoms with Crippen molar-refractivity contribution in [3.05, 3.63) is 45.5 Å². The van der Waals surface area contributed by atoms with Crippen LogP contribution in [0.4, 0.5) is 5.69 Å². The van der Waals surface area contributed by atoms with E-state index in [1.54, 1.807) is 19.1 Å². The summed E-state index contributed by atoms with van der Waals surface area (Å²) in [5, 5.41) is 20.0. The topological polar surface area (TPSA) is 92.9 Å². The number of carbonyl (C=O) groups is 1. The number of β-amino-alcohol motifs (C(OH)–C–C–N with tert-alkyl or cyclic N) is 1. The number of nitrogens with zero attached hydrogens (tertiary/aromatic N) is 2. The lowest BCUT2D eigenvalue weighted by Crippen LogP contribution is -2.32. The molecule has 2 rings (SSSR count). The highest BCUT2D eigenvalue weighted by Crippen LogP contribution is 2.31. The highest BCUT2D eigenvalue weighted by Gasteiger charge is 2.26. The van der Waals surface area contributed by atoms with Gasteiger partial charge in [-0.25, -0.2) is 4.79 Å². The van der Waals surface area contributed by atoms with Crippen LogP contribution in [0.2, 0.25) is 0 Å². The Labute approximate surface area is 134 Å². The molecule has 0 aromatic heterocycles. The predicted molar refractivity (Wildman–Crippen MR) is 84.5 cm³/mol. The van der Waals surface area contributed by atoms with Crippen LogP contribution in [-0.4, -0.2) is 47.2 Å². The maximum Gasteiger partial charge on any atom is 0.336 e. The molecule has 0 aliphatic carbocycles. The molecule has 1 aliphatic rings. The first-order valence-electron chi connectivity index (χ1n) is 7.59. The average molecular weight is 320 g/mol. The molecule has 0 radical (unpaired) electrons. The lowest BCUT2D eigenvalue weighted by Gasteiger charge is -2.33. The number of nitro benzene ring substituents is 1. The summed E-state index contributed by atoms with van der Waals surface area (Å²) < 4.78 is 5.13. The summed E-state index contributed by atoms with van der Waals surface area (Å²) in [4.78, 5) is 24.5. The Morgan fingerprint density at radius 2 is 2.09 bits per heavy atom. The number of hydrogen-bond acceptors (Lipinski definition) is 6. The Bertz CT molecular complexity index is 609. The number of aliphatic hydroxyl groups is 1. The van der Waals surface area contributed by atoms with Crippen molar-refractivity contribution in [3.8, 4) is 0 Å². The zero-order valence-corrected chi connectivity index (χ0v) is 13.0. The highest BCUT2D eigenvalue weighted by atomic mass is 16.6. The van der Waals surface area contributed by atoms with Gasteiger partial charge in [0.1, 0.15) is 0 Å². The fourth-order valence-electron chi connectivity index (χ4n) is 2.73. The van der Waals surface area contributed by atoms with Crippen molar-refractivity contribution >= 4 is 17.4 Å². The Hall–Kier alpha value is -2.41. The van der Waals surface area contributed by atoms with Crippen LogP contribution < -0.4 is 0 Å². The van der Waals surface area contributed by atoms with E-state index in [1.165, 1.54) is 12.1 Å². The Balaban J connectivity index is 2.46. The second kappa shape index (κ2) is 7.73. The van der Waals surface area contributed by atoms with Gasteiger partial charge in [-0.3, -0.25) is 10.1 Å². The van der Waals surface area contributed by atoms with E-state index in [4.69, 9.17) is 4.74 Å². The predicted octanol–water partition coefficient (Wildman–Crippen LogP) is 1.96. The number of benzene rings is 1. The van der Waals surface area contributed by atoms with Crippen LogP contribution in [-0.2, 0) is 9.53 Å². The molecule has 1 aliphatic heterocycles. The molecular formula is C16H20N2O5. The summed E-state index contributed by atoms with van der Waals surface area (Å²) in [5.74, 6) is -0.372. The monoisotopic (exact) mass is 320 g/mol. The van der Waals surface area contributed by atoms with Crippen molar-refractivity contribution in [2.45, 2.75) is 19.8 Å². The van der Waals surface area contributed by atoms with E-state index >= 15 is 0 Å². The summed E-state index contributed by atoms with van der Waals surface area (Å²) in [5.41, 5.74) is 1.96. The summed E-state index contributed by atoms with van der Waals surface area (Å²) in [6.45, 7) is 3.12. The van der Waals surface area contributed by atoms with Crippen molar-refractivity contribution in [1.29, 1.82) is 0 Å². The first-order valence-corrected chi connectivity index (χ1v) is 7.59. The third kappa shape index (κ3) is 3.87. The van der Waals surface area contributed by atoms with Crippen LogP contribution in [0.25, 0.3) is 5.70 Å². The lowest BCUT2D eigenvalue weighted by molar-refractivity contribution is -0.384. The molecular weight excluding hydrogens is 300 g/mol.